The van der Waals surface area contributed by atoms with Crippen molar-refractivity contribution in [2.24, 2.45) is 5.14 Å². The van der Waals surface area contributed by atoms with Crippen LogP contribution in [0.5, 0.6) is 5.75 Å². The standard InChI is InChI=1S/C10H14N2O3S/c11-16(13,14)15-10-5-3-9(4-6-10)12-7-1-2-8-12/h3-6H,1-2,7-8H2,(H2,11,13,14). The molecule has 0 amide bonds. The summed E-state index contributed by atoms with van der Waals surface area (Å²) in [5, 5.41) is 4.77. The number of nitrogens with zero attached hydrogens (tertiary/aromatic N) is 1. The third kappa shape index (κ3) is 2.86. The second kappa shape index (κ2) is 4.31. The average molecular weight is 242 g/mol. The van der Waals surface area contributed by atoms with Gasteiger partial charge in [0.05, 0.1) is 0 Å². The third-order valence-electron chi connectivity index (χ3n) is 2.52. The van der Waals surface area contributed by atoms with Crippen molar-refractivity contribution < 1.29 is 12.6 Å². The summed E-state index contributed by atoms with van der Waals surface area (Å²) < 4.78 is 25.9. The van der Waals surface area contributed by atoms with Crippen LogP contribution in [0.3, 0.4) is 0 Å². The van der Waals surface area contributed by atoms with Crippen molar-refractivity contribution in [2.75, 3.05) is 18.0 Å². The van der Waals surface area contributed by atoms with Crippen LogP contribution in [-0.2, 0) is 10.3 Å². The van der Waals surface area contributed by atoms with E-state index in [0.29, 0.717) is 0 Å². The highest BCUT2D eigenvalue weighted by molar-refractivity contribution is 7.84. The van der Waals surface area contributed by atoms with Crippen LogP contribution in [0.25, 0.3) is 0 Å². The molecule has 1 aliphatic heterocycles. The first-order valence-corrected chi connectivity index (χ1v) is 6.59. The Morgan fingerprint density at radius 2 is 1.69 bits per heavy atom. The highest BCUT2D eigenvalue weighted by atomic mass is 32.2. The van der Waals surface area contributed by atoms with Crippen molar-refractivity contribution in [3.05, 3.63) is 24.3 Å². The van der Waals surface area contributed by atoms with E-state index in [4.69, 9.17) is 5.14 Å². The van der Waals surface area contributed by atoms with E-state index in [2.05, 4.69) is 9.08 Å². The fraction of sp³-hybridized carbons (Fsp3) is 0.400. The summed E-state index contributed by atoms with van der Waals surface area (Å²) in [6.45, 7) is 2.10. The zero-order valence-corrected chi connectivity index (χ0v) is 9.61. The van der Waals surface area contributed by atoms with Gasteiger partial charge in [0.2, 0.25) is 0 Å². The normalized spacial score (nSPS) is 16.4. The first kappa shape index (κ1) is 11.2. The van der Waals surface area contributed by atoms with Gasteiger partial charge in [-0.1, -0.05) is 0 Å². The zero-order valence-electron chi connectivity index (χ0n) is 8.80. The van der Waals surface area contributed by atoms with Gasteiger partial charge >= 0.3 is 10.3 Å². The van der Waals surface area contributed by atoms with Gasteiger partial charge < -0.3 is 9.08 Å². The quantitative estimate of drug-likeness (QED) is 0.853. The van der Waals surface area contributed by atoms with Crippen LogP contribution < -0.4 is 14.2 Å². The molecular formula is C10H14N2O3S. The van der Waals surface area contributed by atoms with E-state index < -0.39 is 10.3 Å². The van der Waals surface area contributed by atoms with Crippen LogP contribution in [0, 0.1) is 0 Å². The molecule has 0 aliphatic carbocycles. The number of anilines is 1. The molecule has 6 heteroatoms. The Morgan fingerprint density at radius 1 is 1.12 bits per heavy atom. The topological polar surface area (TPSA) is 72.6 Å². The number of rotatable bonds is 3. The lowest BCUT2D eigenvalue weighted by atomic mass is 10.3. The molecule has 0 bridgehead atoms. The molecule has 0 saturated carbocycles. The van der Waals surface area contributed by atoms with Gasteiger partial charge in [-0.05, 0) is 37.1 Å². The van der Waals surface area contributed by atoms with E-state index in [1.165, 1.54) is 12.8 Å². The minimum atomic E-state index is -3.92. The Balaban J connectivity index is 2.10. The fourth-order valence-electron chi connectivity index (χ4n) is 1.82. The average Bonchev–Trinajstić information content (AvgIpc) is 2.69. The van der Waals surface area contributed by atoms with Crippen molar-refractivity contribution >= 4 is 16.0 Å². The summed E-state index contributed by atoms with van der Waals surface area (Å²) >= 11 is 0. The molecule has 1 fully saturated rings. The second-order valence-corrected chi connectivity index (χ2v) is 4.92. The molecule has 1 saturated heterocycles. The summed E-state index contributed by atoms with van der Waals surface area (Å²) in [4.78, 5) is 2.25. The molecule has 0 unspecified atom stereocenters. The number of hydrogen-bond donors (Lipinski definition) is 1. The van der Waals surface area contributed by atoms with Crippen LogP contribution in [0.1, 0.15) is 12.8 Å². The maximum absolute atomic E-state index is 10.7. The zero-order chi connectivity index (χ0) is 11.6. The lowest BCUT2D eigenvalue weighted by Gasteiger charge is -2.17. The smallest absolute Gasteiger partial charge is 0.372 e. The van der Waals surface area contributed by atoms with Crippen LogP contribution >= 0.6 is 0 Å². The van der Waals surface area contributed by atoms with Gasteiger partial charge in [0.1, 0.15) is 5.75 Å². The summed E-state index contributed by atoms with van der Waals surface area (Å²) in [7, 11) is -3.92. The fourth-order valence-corrected chi connectivity index (χ4v) is 2.20. The van der Waals surface area contributed by atoms with Crippen LogP contribution in [0.2, 0.25) is 0 Å². The third-order valence-corrected chi connectivity index (χ3v) is 2.95. The van der Waals surface area contributed by atoms with Gasteiger partial charge in [-0.2, -0.15) is 13.6 Å². The Bertz CT molecular complexity index is 449. The van der Waals surface area contributed by atoms with Crippen LogP contribution in [0.4, 0.5) is 5.69 Å². The Morgan fingerprint density at radius 3 is 2.19 bits per heavy atom. The monoisotopic (exact) mass is 242 g/mol. The SMILES string of the molecule is NS(=O)(=O)Oc1ccc(N2CCCC2)cc1. The molecule has 16 heavy (non-hydrogen) atoms. The number of hydrogen-bond acceptors (Lipinski definition) is 4. The van der Waals surface area contributed by atoms with Crippen LogP contribution in [0.15, 0.2) is 24.3 Å². The molecule has 2 rings (SSSR count). The molecular weight excluding hydrogens is 228 g/mol. The van der Waals surface area contributed by atoms with Gasteiger partial charge in [-0.15, -0.1) is 0 Å². The van der Waals surface area contributed by atoms with E-state index >= 15 is 0 Å². The molecule has 1 aliphatic rings. The molecule has 1 heterocycles. The maximum Gasteiger partial charge on any atom is 0.380 e. The minimum absolute atomic E-state index is 0.241. The van der Waals surface area contributed by atoms with Gasteiger partial charge in [-0.25, -0.2) is 0 Å². The van der Waals surface area contributed by atoms with E-state index in [1.807, 2.05) is 12.1 Å². The van der Waals surface area contributed by atoms with E-state index in [-0.39, 0.29) is 5.75 Å². The molecule has 0 spiro atoms. The number of nitrogens with two attached hydrogens (primary N) is 1. The molecule has 0 aromatic heterocycles. The summed E-state index contributed by atoms with van der Waals surface area (Å²) in [6, 6.07) is 6.90. The molecule has 1 aromatic carbocycles. The van der Waals surface area contributed by atoms with Crippen molar-refractivity contribution in [3.8, 4) is 5.75 Å². The second-order valence-electron chi connectivity index (χ2n) is 3.76. The predicted molar refractivity (Wildman–Crippen MR) is 61.6 cm³/mol. The first-order chi connectivity index (χ1) is 7.54. The Labute approximate surface area is 95.1 Å². The van der Waals surface area contributed by atoms with E-state index in [1.54, 1.807) is 12.1 Å². The predicted octanol–water partition coefficient (Wildman–Crippen LogP) is 0.869. The maximum atomic E-state index is 10.7. The molecule has 2 N–H and O–H groups in total. The lowest BCUT2D eigenvalue weighted by molar-refractivity contribution is 0.488. The largest absolute Gasteiger partial charge is 0.380 e. The minimum Gasteiger partial charge on any atom is -0.372 e. The van der Waals surface area contributed by atoms with Gasteiger partial charge in [0, 0.05) is 18.8 Å². The molecule has 1 aromatic rings. The Kier molecular flexibility index (Phi) is 3.02. The first-order valence-electron chi connectivity index (χ1n) is 5.12. The highest BCUT2D eigenvalue weighted by Crippen LogP contribution is 2.23. The molecule has 88 valence electrons. The molecule has 5 nitrogen and oxygen atoms in total. The van der Waals surface area contributed by atoms with Gasteiger partial charge in [0.15, 0.2) is 0 Å². The number of benzene rings is 1. The van der Waals surface area contributed by atoms with Crippen molar-refractivity contribution in [1.29, 1.82) is 0 Å². The van der Waals surface area contributed by atoms with Crippen molar-refractivity contribution in [2.45, 2.75) is 12.8 Å². The highest BCUT2D eigenvalue weighted by Gasteiger charge is 2.12. The summed E-state index contributed by atoms with van der Waals surface area (Å²) in [5.74, 6) is 0.241. The van der Waals surface area contributed by atoms with Gasteiger partial charge in [0.25, 0.3) is 0 Å². The summed E-state index contributed by atoms with van der Waals surface area (Å²) in [5.41, 5.74) is 1.08. The van der Waals surface area contributed by atoms with Crippen molar-refractivity contribution in [1.82, 2.24) is 0 Å². The Hall–Kier alpha value is -1.27. The van der Waals surface area contributed by atoms with Crippen LogP contribution in [-0.4, -0.2) is 21.5 Å². The summed E-state index contributed by atoms with van der Waals surface area (Å²) in [6.07, 6.45) is 2.41. The van der Waals surface area contributed by atoms with E-state index in [9.17, 15) is 8.42 Å². The lowest BCUT2D eigenvalue weighted by Crippen LogP contribution is -2.19. The van der Waals surface area contributed by atoms with Gasteiger partial charge in [-0.3, -0.25) is 0 Å². The van der Waals surface area contributed by atoms with E-state index in [0.717, 1.165) is 18.8 Å². The molecule has 0 radical (unpaired) electrons. The van der Waals surface area contributed by atoms with Crippen molar-refractivity contribution in [3.63, 3.8) is 0 Å². The molecule has 0 atom stereocenters.